The highest BCUT2D eigenvalue weighted by Crippen LogP contribution is 2.29. The minimum absolute atomic E-state index is 0.0692. The van der Waals surface area contributed by atoms with Gasteiger partial charge in [-0.3, -0.25) is 4.79 Å². The summed E-state index contributed by atoms with van der Waals surface area (Å²) in [5.74, 6) is 0.967. The van der Waals surface area contributed by atoms with Crippen molar-refractivity contribution >= 4 is 5.91 Å². The van der Waals surface area contributed by atoms with Crippen LogP contribution in [0.15, 0.2) is 36.5 Å². The molecule has 1 heterocycles. The van der Waals surface area contributed by atoms with Crippen LogP contribution in [0.1, 0.15) is 43.1 Å². The highest BCUT2D eigenvalue weighted by atomic mass is 16.5. The molecular formula is C19H25N3O2. The van der Waals surface area contributed by atoms with Crippen molar-refractivity contribution in [1.29, 1.82) is 0 Å². The molecule has 1 aliphatic rings. The van der Waals surface area contributed by atoms with Crippen LogP contribution < -0.4 is 4.74 Å². The Morgan fingerprint density at radius 2 is 1.96 bits per heavy atom. The van der Waals surface area contributed by atoms with Crippen LogP contribution >= 0.6 is 0 Å². The van der Waals surface area contributed by atoms with E-state index in [4.69, 9.17) is 4.74 Å². The Hall–Kier alpha value is -2.30. The summed E-state index contributed by atoms with van der Waals surface area (Å²) in [5, 5.41) is 4.49. The molecule has 5 nitrogen and oxygen atoms in total. The third-order valence-corrected chi connectivity index (χ3v) is 5.01. The number of carbonyl (C=O) groups excluding carboxylic acids is 1. The van der Waals surface area contributed by atoms with Crippen LogP contribution in [0.2, 0.25) is 0 Å². The van der Waals surface area contributed by atoms with Crippen LogP contribution in [-0.4, -0.2) is 40.8 Å². The third kappa shape index (κ3) is 3.16. The number of methoxy groups -OCH3 is 1. The van der Waals surface area contributed by atoms with Crippen molar-refractivity contribution in [3.05, 3.63) is 42.2 Å². The maximum Gasteiger partial charge on any atom is 0.278 e. The number of ether oxygens (including phenoxy) is 1. The fraction of sp³-hybridized carbons (Fsp3) is 0.474. The molecule has 24 heavy (non-hydrogen) atoms. The van der Waals surface area contributed by atoms with Crippen molar-refractivity contribution in [2.45, 2.75) is 38.6 Å². The van der Waals surface area contributed by atoms with Crippen molar-refractivity contribution < 1.29 is 9.53 Å². The van der Waals surface area contributed by atoms with Gasteiger partial charge >= 0.3 is 0 Å². The minimum Gasteiger partial charge on any atom is -0.493 e. The molecule has 3 rings (SSSR count). The smallest absolute Gasteiger partial charge is 0.278 e. The number of rotatable bonds is 4. The highest BCUT2D eigenvalue weighted by molar-refractivity contribution is 5.95. The molecular weight excluding hydrogens is 302 g/mol. The molecule has 2 aromatic rings. The average molecular weight is 327 g/mol. The Kier molecular flexibility index (Phi) is 4.88. The van der Waals surface area contributed by atoms with Gasteiger partial charge in [0.25, 0.3) is 5.91 Å². The molecule has 1 aromatic carbocycles. The van der Waals surface area contributed by atoms with Crippen LogP contribution in [0.4, 0.5) is 0 Å². The van der Waals surface area contributed by atoms with E-state index in [1.54, 1.807) is 18.0 Å². The van der Waals surface area contributed by atoms with Crippen LogP contribution in [0.3, 0.4) is 0 Å². The molecule has 1 saturated carbocycles. The van der Waals surface area contributed by atoms with Crippen LogP contribution in [-0.2, 0) is 0 Å². The molecule has 0 bridgehead atoms. The van der Waals surface area contributed by atoms with Crippen molar-refractivity contribution in [3.63, 3.8) is 0 Å². The summed E-state index contributed by atoms with van der Waals surface area (Å²) in [6.45, 7) is 2.23. The summed E-state index contributed by atoms with van der Waals surface area (Å²) in [5.41, 5.74) is 1.28. The fourth-order valence-electron chi connectivity index (χ4n) is 3.56. The van der Waals surface area contributed by atoms with E-state index in [1.165, 1.54) is 19.3 Å². The molecule has 2 unspecified atom stereocenters. The predicted octanol–water partition coefficient (Wildman–Crippen LogP) is 3.53. The number of amides is 1. The van der Waals surface area contributed by atoms with Gasteiger partial charge in [-0.25, -0.2) is 4.68 Å². The quantitative estimate of drug-likeness (QED) is 0.863. The van der Waals surface area contributed by atoms with Crippen LogP contribution in [0.5, 0.6) is 5.75 Å². The van der Waals surface area contributed by atoms with Gasteiger partial charge in [-0.05, 0) is 30.9 Å². The third-order valence-electron chi connectivity index (χ3n) is 5.01. The lowest BCUT2D eigenvalue weighted by Crippen LogP contribution is -2.42. The second-order valence-electron chi connectivity index (χ2n) is 6.57. The summed E-state index contributed by atoms with van der Waals surface area (Å²) in [6, 6.07) is 10.0. The first kappa shape index (κ1) is 16.6. The summed E-state index contributed by atoms with van der Waals surface area (Å²) in [6.07, 6.45) is 6.44. The van der Waals surface area contributed by atoms with E-state index < -0.39 is 0 Å². The van der Waals surface area contributed by atoms with Gasteiger partial charge in [0, 0.05) is 13.1 Å². The van der Waals surface area contributed by atoms with Gasteiger partial charge in [-0.2, -0.15) is 5.10 Å². The van der Waals surface area contributed by atoms with E-state index >= 15 is 0 Å². The lowest BCUT2D eigenvalue weighted by Gasteiger charge is -2.36. The molecule has 5 heteroatoms. The standard InChI is InChI=1S/C19H25N3O2/c1-14-9-7-8-12-16(14)21(2)19(23)18-17(24-3)13-22(20-18)15-10-5-4-6-11-15/h4-6,10-11,13-14,16H,7-9,12H2,1-3H3. The van der Waals surface area contributed by atoms with E-state index in [0.29, 0.717) is 17.4 Å². The first-order valence-corrected chi connectivity index (χ1v) is 8.58. The van der Waals surface area contributed by atoms with E-state index in [0.717, 1.165) is 12.1 Å². The molecule has 1 amide bonds. The monoisotopic (exact) mass is 327 g/mol. The van der Waals surface area contributed by atoms with Crippen LogP contribution in [0, 0.1) is 5.92 Å². The highest BCUT2D eigenvalue weighted by Gasteiger charge is 2.31. The van der Waals surface area contributed by atoms with E-state index in [-0.39, 0.29) is 11.9 Å². The van der Waals surface area contributed by atoms with Crippen molar-refractivity contribution in [1.82, 2.24) is 14.7 Å². The van der Waals surface area contributed by atoms with E-state index in [2.05, 4.69) is 12.0 Å². The van der Waals surface area contributed by atoms with E-state index in [1.807, 2.05) is 42.3 Å². The second kappa shape index (κ2) is 7.07. The first-order chi connectivity index (χ1) is 11.6. The molecule has 0 aliphatic heterocycles. The molecule has 128 valence electrons. The van der Waals surface area contributed by atoms with Gasteiger partial charge in [0.05, 0.1) is 19.0 Å². The lowest BCUT2D eigenvalue weighted by atomic mass is 9.85. The number of para-hydroxylation sites is 1. The Morgan fingerprint density at radius 3 is 2.62 bits per heavy atom. The molecule has 0 spiro atoms. The number of nitrogens with zero attached hydrogens (tertiary/aromatic N) is 3. The maximum atomic E-state index is 13.0. The topological polar surface area (TPSA) is 47.4 Å². The first-order valence-electron chi connectivity index (χ1n) is 8.58. The minimum atomic E-state index is -0.0692. The maximum absolute atomic E-state index is 13.0. The Balaban J connectivity index is 1.87. The molecule has 0 N–H and O–H groups in total. The molecule has 1 fully saturated rings. The zero-order valence-electron chi connectivity index (χ0n) is 14.6. The number of benzene rings is 1. The summed E-state index contributed by atoms with van der Waals surface area (Å²) >= 11 is 0. The van der Waals surface area contributed by atoms with Gasteiger partial charge < -0.3 is 9.64 Å². The lowest BCUT2D eigenvalue weighted by molar-refractivity contribution is 0.0619. The normalized spacial score (nSPS) is 20.6. The number of carbonyl (C=O) groups is 1. The molecule has 1 aromatic heterocycles. The van der Waals surface area contributed by atoms with Crippen molar-refractivity contribution in [2.24, 2.45) is 5.92 Å². The SMILES string of the molecule is COc1cn(-c2ccccc2)nc1C(=O)N(C)C1CCCCC1C. The van der Waals surface area contributed by atoms with Crippen molar-refractivity contribution in [2.75, 3.05) is 14.2 Å². The number of aromatic nitrogens is 2. The van der Waals surface area contributed by atoms with Gasteiger partial charge in [-0.1, -0.05) is 38.0 Å². The largest absolute Gasteiger partial charge is 0.493 e. The second-order valence-corrected chi connectivity index (χ2v) is 6.57. The molecule has 0 radical (unpaired) electrons. The summed E-state index contributed by atoms with van der Waals surface area (Å²) in [4.78, 5) is 14.8. The summed E-state index contributed by atoms with van der Waals surface area (Å²) in [7, 11) is 3.46. The van der Waals surface area contributed by atoms with Gasteiger partial charge in [0.2, 0.25) is 0 Å². The van der Waals surface area contributed by atoms with Gasteiger partial charge in [0.1, 0.15) is 0 Å². The van der Waals surface area contributed by atoms with Gasteiger partial charge in [0.15, 0.2) is 11.4 Å². The number of hydrogen-bond acceptors (Lipinski definition) is 3. The van der Waals surface area contributed by atoms with Crippen LogP contribution in [0.25, 0.3) is 5.69 Å². The van der Waals surface area contributed by atoms with Crippen molar-refractivity contribution in [3.8, 4) is 11.4 Å². The van der Waals surface area contributed by atoms with E-state index in [9.17, 15) is 4.79 Å². The Bertz CT molecular complexity index is 696. The summed E-state index contributed by atoms with van der Waals surface area (Å²) < 4.78 is 7.10. The molecule has 0 saturated heterocycles. The zero-order chi connectivity index (χ0) is 17.1. The van der Waals surface area contributed by atoms with Gasteiger partial charge in [-0.15, -0.1) is 0 Å². The molecule has 1 aliphatic carbocycles. The Labute approximate surface area is 143 Å². The fourth-order valence-corrected chi connectivity index (χ4v) is 3.56. The Morgan fingerprint density at radius 1 is 1.25 bits per heavy atom. The average Bonchev–Trinajstić information content (AvgIpc) is 3.06. The number of hydrogen-bond donors (Lipinski definition) is 0. The predicted molar refractivity (Wildman–Crippen MR) is 93.6 cm³/mol. The molecule has 2 atom stereocenters. The zero-order valence-corrected chi connectivity index (χ0v) is 14.6.